The van der Waals surface area contributed by atoms with Crippen molar-refractivity contribution in [3.05, 3.63) is 78.1 Å². The van der Waals surface area contributed by atoms with E-state index in [-0.39, 0.29) is 11.5 Å². The van der Waals surface area contributed by atoms with Gasteiger partial charge in [-0.1, -0.05) is 62.4 Å². The molecule has 0 fully saturated rings. The van der Waals surface area contributed by atoms with Gasteiger partial charge in [-0.3, -0.25) is 4.98 Å². The summed E-state index contributed by atoms with van der Waals surface area (Å²) in [6, 6.07) is 18.7. The summed E-state index contributed by atoms with van der Waals surface area (Å²) in [5.41, 5.74) is 8.93. The summed E-state index contributed by atoms with van der Waals surface area (Å²) >= 11 is 0. The summed E-state index contributed by atoms with van der Waals surface area (Å²) in [5.74, 6) is 0. The highest BCUT2D eigenvalue weighted by Gasteiger charge is 2.30. The van der Waals surface area contributed by atoms with Crippen LogP contribution in [0.4, 0.5) is 0 Å². The van der Waals surface area contributed by atoms with E-state index in [0.717, 1.165) is 5.39 Å². The summed E-state index contributed by atoms with van der Waals surface area (Å²) in [7, 11) is 0. The third-order valence-electron chi connectivity index (χ3n) is 4.34. The van der Waals surface area contributed by atoms with Crippen molar-refractivity contribution in [2.45, 2.75) is 25.3 Å². The van der Waals surface area contributed by atoms with Gasteiger partial charge < -0.3 is 5.73 Å². The maximum Gasteiger partial charge on any atom is 0.0393 e. The lowest BCUT2D eigenvalue weighted by Gasteiger charge is -2.33. The van der Waals surface area contributed by atoms with Crippen molar-refractivity contribution < 1.29 is 0 Å². The molecule has 106 valence electrons. The van der Waals surface area contributed by atoms with E-state index in [1.807, 2.05) is 24.5 Å². The molecule has 2 aromatic carbocycles. The second kappa shape index (κ2) is 5.30. The maximum absolute atomic E-state index is 6.65. The van der Waals surface area contributed by atoms with Crippen LogP contribution in [0.15, 0.2) is 67.0 Å². The Morgan fingerprint density at radius 2 is 1.71 bits per heavy atom. The van der Waals surface area contributed by atoms with Gasteiger partial charge in [0.15, 0.2) is 0 Å². The molecule has 0 aliphatic carbocycles. The number of hydrogen-bond acceptors (Lipinski definition) is 2. The lowest BCUT2D eigenvalue weighted by Crippen LogP contribution is -2.33. The molecule has 2 nitrogen and oxygen atoms in total. The Labute approximate surface area is 125 Å². The zero-order valence-corrected chi connectivity index (χ0v) is 12.5. The molecule has 0 aliphatic heterocycles. The van der Waals surface area contributed by atoms with Crippen molar-refractivity contribution in [3.8, 4) is 0 Å². The Bertz CT molecular complexity index is 742. The fourth-order valence-electron chi connectivity index (χ4n) is 2.85. The monoisotopic (exact) mass is 276 g/mol. The van der Waals surface area contributed by atoms with Crippen LogP contribution in [0, 0.1) is 0 Å². The van der Waals surface area contributed by atoms with Crippen LogP contribution in [0.1, 0.15) is 31.0 Å². The summed E-state index contributed by atoms with van der Waals surface area (Å²) in [6.45, 7) is 4.40. The molecule has 1 heterocycles. The molecule has 0 radical (unpaired) electrons. The van der Waals surface area contributed by atoms with Gasteiger partial charge in [0.2, 0.25) is 0 Å². The first-order valence-corrected chi connectivity index (χ1v) is 7.24. The third-order valence-corrected chi connectivity index (χ3v) is 4.34. The molecule has 1 unspecified atom stereocenters. The van der Waals surface area contributed by atoms with E-state index in [0.29, 0.717) is 0 Å². The molecular weight excluding hydrogens is 256 g/mol. The number of nitrogens with zero attached hydrogens (tertiary/aromatic N) is 1. The highest BCUT2D eigenvalue weighted by Crippen LogP contribution is 2.37. The van der Waals surface area contributed by atoms with Crippen LogP contribution in [0.5, 0.6) is 0 Å². The molecule has 0 amide bonds. The van der Waals surface area contributed by atoms with E-state index < -0.39 is 0 Å². The second-order valence-corrected chi connectivity index (χ2v) is 6.01. The van der Waals surface area contributed by atoms with Gasteiger partial charge in [0.25, 0.3) is 0 Å². The Balaban J connectivity index is 2.10. The SMILES string of the molecule is CC(C)(c1ccccc1)C(N)c1cccc2cnccc12. The Morgan fingerprint density at radius 1 is 0.952 bits per heavy atom. The summed E-state index contributed by atoms with van der Waals surface area (Å²) in [5, 5.41) is 2.32. The minimum Gasteiger partial charge on any atom is -0.323 e. The van der Waals surface area contributed by atoms with Gasteiger partial charge in [0, 0.05) is 29.2 Å². The maximum atomic E-state index is 6.65. The van der Waals surface area contributed by atoms with Gasteiger partial charge in [0.05, 0.1) is 0 Å². The Hall–Kier alpha value is -2.19. The summed E-state index contributed by atoms with van der Waals surface area (Å²) in [6.07, 6.45) is 3.72. The van der Waals surface area contributed by atoms with Gasteiger partial charge in [-0.2, -0.15) is 0 Å². The van der Waals surface area contributed by atoms with Gasteiger partial charge in [0.1, 0.15) is 0 Å². The number of rotatable bonds is 3. The average molecular weight is 276 g/mol. The van der Waals surface area contributed by atoms with Crippen molar-refractivity contribution in [2.75, 3.05) is 0 Å². The molecule has 21 heavy (non-hydrogen) atoms. The van der Waals surface area contributed by atoms with Gasteiger partial charge >= 0.3 is 0 Å². The van der Waals surface area contributed by atoms with Crippen molar-refractivity contribution in [1.82, 2.24) is 4.98 Å². The highest BCUT2D eigenvalue weighted by atomic mass is 14.7. The quantitative estimate of drug-likeness (QED) is 0.778. The third kappa shape index (κ3) is 2.43. The first-order valence-electron chi connectivity index (χ1n) is 7.24. The number of hydrogen-bond donors (Lipinski definition) is 1. The van der Waals surface area contributed by atoms with E-state index in [1.54, 1.807) is 0 Å². The first kappa shape index (κ1) is 13.8. The molecule has 0 aliphatic rings. The van der Waals surface area contributed by atoms with Crippen molar-refractivity contribution in [3.63, 3.8) is 0 Å². The van der Waals surface area contributed by atoms with E-state index >= 15 is 0 Å². The van der Waals surface area contributed by atoms with E-state index in [1.165, 1.54) is 16.5 Å². The van der Waals surface area contributed by atoms with Crippen LogP contribution in [0.2, 0.25) is 0 Å². The molecule has 0 saturated heterocycles. The van der Waals surface area contributed by atoms with Crippen LogP contribution in [-0.2, 0) is 5.41 Å². The zero-order valence-electron chi connectivity index (χ0n) is 12.5. The smallest absolute Gasteiger partial charge is 0.0393 e. The Morgan fingerprint density at radius 3 is 2.48 bits per heavy atom. The molecule has 3 rings (SSSR count). The van der Waals surface area contributed by atoms with E-state index in [9.17, 15) is 0 Å². The van der Waals surface area contributed by atoms with Gasteiger partial charge in [-0.15, -0.1) is 0 Å². The zero-order chi connectivity index (χ0) is 14.9. The Kier molecular flexibility index (Phi) is 3.48. The van der Waals surface area contributed by atoms with Crippen molar-refractivity contribution in [2.24, 2.45) is 5.73 Å². The highest BCUT2D eigenvalue weighted by molar-refractivity contribution is 5.85. The largest absolute Gasteiger partial charge is 0.323 e. The van der Waals surface area contributed by atoms with Gasteiger partial charge in [-0.25, -0.2) is 0 Å². The fourth-order valence-corrected chi connectivity index (χ4v) is 2.85. The summed E-state index contributed by atoms with van der Waals surface area (Å²) in [4.78, 5) is 4.19. The molecule has 3 aromatic rings. The van der Waals surface area contributed by atoms with E-state index in [2.05, 4.69) is 61.3 Å². The molecule has 0 spiro atoms. The molecule has 0 bridgehead atoms. The van der Waals surface area contributed by atoms with Crippen LogP contribution < -0.4 is 5.73 Å². The normalized spacial score (nSPS) is 13.3. The van der Waals surface area contributed by atoms with Crippen LogP contribution in [0.3, 0.4) is 0 Å². The fraction of sp³-hybridized carbons (Fsp3) is 0.211. The first-order chi connectivity index (χ1) is 10.1. The van der Waals surface area contributed by atoms with Crippen LogP contribution in [0.25, 0.3) is 10.8 Å². The van der Waals surface area contributed by atoms with Crippen molar-refractivity contribution >= 4 is 10.8 Å². The molecule has 0 saturated carbocycles. The number of pyridine rings is 1. The molecule has 1 atom stereocenters. The lowest BCUT2D eigenvalue weighted by atomic mass is 9.74. The van der Waals surface area contributed by atoms with Gasteiger partial charge in [-0.05, 0) is 22.6 Å². The standard InChI is InChI=1S/C19H20N2/c1-19(2,15-8-4-3-5-9-15)18(20)17-10-6-7-14-13-21-12-11-16(14)17/h3-13,18H,20H2,1-2H3. The second-order valence-electron chi connectivity index (χ2n) is 6.01. The predicted molar refractivity (Wildman–Crippen MR) is 88.1 cm³/mol. The van der Waals surface area contributed by atoms with Crippen molar-refractivity contribution in [1.29, 1.82) is 0 Å². The number of benzene rings is 2. The molecular formula is C19H20N2. The average Bonchev–Trinajstić information content (AvgIpc) is 2.54. The molecule has 2 N–H and O–H groups in total. The van der Waals surface area contributed by atoms with E-state index in [4.69, 9.17) is 5.73 Å². The number of nitrogens with two attached hydrogens (primary N) is 1. The minimum absolute atomic E-state index is 0.0778. The lowest BCUT2D eigenvalue weighted by molar-refractivity contribution is 0.423. The number of aromatic nitrogens is 1. The predicted octanol–water partition coefficient (Wildman–Crippen LogP) is 4.21. The molecule has 2 heteroatoms. The summed E-state index contributed by atoms with van der Waals surface area (Å²) < 4.78 is 0. The molecule has 1 aromatic heterocycles. The minimum atomic E-state index is -0.140. The number of fused-ring (bicyclic) bond motifs is 1. The topological polar surface area (TPSA) is 38.9 Å². The van der Waals surface area contributed by atoms with Crippen LogP contribution in [-0.4, -0.2) is 4.98 Å². The van der Waals surface area contributed by atoms with Crippen LogP contribution >= 0.6 is 0 Å².